The molecule has 110 valence electrons. The van der Waals surface area contributed by atoms with E-state index in [1.165, 1.54) is 29.1 Å². The zero-order valence-electron chi connectivity index (χ0n) is 11.5. The molecule has 0 fully saturated rings. The third-order valence-electron chi connectivity index (χ3n) is 2.69. The smallest absolute Gasteiger partial charge is 0.363 e. The Morgan fingerprint density at radius 3 is 2.76 bits per heavy atom. The maximum Gasteiger partial charge on any atom is 0.363 e. The van der Waals surface area contributed by atoms with Crippen LogP contribution in [-0.2, 0) is 7.05 Å². The Hall–Kier alpha value is -2.34. The van der Waals surface area contributed by atoms with Crippen LogP contribution in [0.5, 0.6) is 11.5 Å². The van der Waals surface area contributed by atoms with Gasteiger partial charge in [-0.05, 0) is 25.1 Å². The SMILES string of the molecule is CCOc1cc(C=O)ccc1OC(=O)c1c(Cl)cnn1C. The van der Waals surface area contributed by atoms with Crippen molar-refractivity contribution >= 4 is 23.9 Å². The van der Waals surface area contributed by atoms with Crippen molar-refractivity contribution in [2.75, 3.05) is 6.61 Å². The van der Waals surface area contributed by atoms with Gasteiger partial charge in [0.2, 0.25) is 0 Å². The van der Waals surface area contributed by atoms with Crippen molar-refractivity contribution in [3.63, 3.8) is 0 Å². The molecular weight excluding hydrogens is 296 g/mol. The van der Waals surface area contributed by atoms with Gasteiger partial charge in [-0.15, -0.1) is 0 Å². The van der Waals surface area contributed by atoms with Crippen molar-refractivity contribution in [3.8, 4) is 11.5 Å². The summed E-state index contributed by atoms with van der Waals surface area (Å²) in [7, 11) is 1.58. The minimum absolute atomic E-state index is 0.138. The summed E-state index contributed by atoms with van der Waals surface area (Å²) in [4.78, 5) is 22.9. The number of nitrogens with zero attached hydrogens (tertiary/aromatic N) is 2. The first kappa shape index (κ1) is 15.1. The number of carbonyl (C=O) groups is 2. The van der Waals surface area contributed by atoms with Crippen molar-refractivity contribution in [2.24, 2.45) is 7.05 Å². The van der Waals surface area contributed by atoms with Crippen LogP contribution in [-0.4, -0.2) is 28.6 Å². The Bertz CT molecular complexity index is 662. The molecule has 1 aromatic carbocycles. The minimum atomic E-state index is -0.653. The molecule has 0 amide bonds. The lowest BCUT2D eigenvalue weighted by atomic mass is 10.2. The first-order valence-electron chi connectivity index (χ1n) is 6.18. The van der Waals surface area contributed by atoms with Gasteiger partial charge in [0.1, 0.15) is 6.29 Å². The fourth-order valence-corrected chi connectivity index (χ4v) is 1.98. The predicted molar refractivity (Wildman–Crippen MR) is 76.2 cm³/mol. The summed E-state index contributed by atoms with van der Waals surface area (Å²) in [6.07, 6.45) is 2.04. The quantitative estimate of drug-likeness (QED) is 0.482. The first-order valence-corrected chi connectivity index (χ1v) is 6.56. The molecule has 0 N–H and O–H groups in total. The highest BCUT2D eigenvalue weighted by Crippen LogP contribution is 2.29. The maximum atomic E-state index is 12.1. The zero-order chi connectivity index (χ0) is 15.4. The molecule has 2 rings (SSSR count). The highest BCUT2D eigenvalue weighted by molar-refractivity contribution is 6.33. The standard InChI is InChI=1S/C14H13ClN2O4/c1-3-20-12-6-9(8-18)4-5-11(12)21-14(19)13-10(15)7-16-17(13)2/h4-8H,3H2,1-2H3. The molecule has 0 spiro atoms. The van der Waals surface area contributed by atoms with E-state index in [1.807, 2.05) is 0 Å². The molecule has 0 saturated carbocycles. The van der Waals surface area contributed by atoms with Crippen LogP contribution < -0.4 is 9.47 Å². The van der Waals surface area contributed by atoms with Gasteiger partial charge in [0.25, 0.3) is 0 Å². The molecule has 1 aromatic heterocycles. The number of aryl methyl sites for hydroxylation is 1. The number of carbonyl (C=O) groups excluding carboxylic acids is 2. The van der Waals surface area contributed by atoms with Crippen LogP contribution in [0.2, 0.25) is 5.02 Å². The van der Waals surface area contributed by atoms with Gasteiger partial charge in [-0.1, -0.05) is 11.6 Å². The van der Waals surface area contributed by atoms with E-state index >= 15 is 0 Å². The fraction of sp³-hybridized carbons (Fsp3) is 0.214. The summed E-state index contributed by atoms with van der Waals surface area (Å²) >= 11 is 5.89. The Balaban J connectivity index is 2.30. The van der Waals surface area contributed by atoms with Gasteiger partial charge in [-0.2, -0.15) is 5.10 Å². The second-order valence-electron chi connectivity index (χ2n) is 4.11. The van der Waals surface area contributed by atoms with Gasteiger partial charge >= 0.3 is 5.97 Å². The number of hydrogen-bond donors (Lipinski definition) is 0. The molecule has 0 bridgehead atoms. The number of aromatic nitrogens is 2. The van der Waals surface area contributed by atoms with Crippen LogP contribution >= 0.6 is 11.6 Å². The highest BCUT2D eigenvalue weighted by atomic mass is 35.5. The van der Waals surface area contributed by atoms with E-state index in [9.17, 15) is 9.59 Å². The van der Waals surface area contributed by atoms with Crippen LogP contribution in [0, 0.1) is 0 Å². The number of ether oxygens (including phenoxy) is 2. The maximum absolute atomic E-state index is 12.1. The highest BCUT2D eigenvalue weighted by Gasteiger charge is 2.19. The van der Waals surface area contributed by atoms with Crippen molar-refractivity contribution in [1.82, 2.24) is 9.78 Å². The summed E-state index contributed by atoms with van der Waals surface area (Å²) < 4.78 is 12.0. The van der Waals surface area contributed by atoms with Crippen LogP contribution in [0.25, 0.3) is 0 Å². The average molecular weight is 309 g/mol. The summed E-state index contributed by atoms with van der Waals surface area (Å²) in [5.41, 5.74) is 0.565. The van der Waals surface area contributed by atoms with Crippen LogP contribution in [0.4, 0.5) is 0 Å². The topological polar surface area (TPSA) is 70.4 Å². The van der Waals surface area contributed by atoms with E-state index < -0.39 is 5.97 Å². The summed E-state index contributed by atoms with van der Waals surface area (Å²) in [5.74, 6) is -0.127. The van der Waals surface area contributed by atoms with E-state index in [0.717, 1.165) is 0 Å². The third kappa shape index (κ3) is 3.22. The molecule has 0 aliphatic rings. The van der Waals surface area contributed by atoms with Crippen molar-refractivity contribution in [1.29, 1.82) is 0 Å². The molecule has 0 unspecified atom stereocenters. The van der Waals surface area contributed by atoms with Crippen LogP contribution in [0.1, 0.15) is 27.8 Å². The van der Waals surface area contributed by atoms with Crippen LogP contribution in [0.15, 0.2) is 24.4 Å². The average Bonchev–Trinajstić information content (AvgIpc) is 2.80. The molecule has 0 saturated heterocycles. The number of aldehydes is 1. The second-order valence-corrected chi connectivity index (χ2v) is 4.52. The second kappa shape index (κ2) is 6.41. The van der Waals surface area contributed by atoms with Gasteiger partial charge in [0.05, 0.1) is 17.8 Å². The normalized spacial score (nSPS) is 10.2. The monoisotopic (exact) mass is 308 g/mol. The Morgan fingerprint density at radius 2 is 2.19 bits per heavy atom. The molecule has 0 radical (unpaired) electrons. The van der Waals surface area contributed by atoms with Gasteiger partial charge in [0, 0.05) is 12.6 Å². The Labute approximate surface area is 126 Å². The van der Waals surface area contributed by atoms with Gasteiger partial charge in [-0.3, -0.25) is 9.48 Å². The summed E-state index contributed by atoms with van der Waals surface area (Å²) in [6.45, 7) is 2.16. The van der Waals surface area contributed by atoms with Gasteiger partial charge in [0.15, 0.2) is 17.2 Å². The van der Waals surface area contributed by atoms with E-state index in [-0.39, 0.29) is 16.5 Å². The van der Waals surface area contributed by atoms with Crippen molar-refractivity contribution in [2.45, 2.75) is 6.92 Å². The minimum Gasteiger partial charge on any atom is -0.490 e. The van der Waals surface area contributed by atoms with E-state index in [4.69, 9.17) is 21.1 Å². The molecule has 2 aromatic rings. The largest absolute Gasteiger partial charge is 0.490 e. The Morgan fingerprint density at radius 1 is 1.43 bits per heavy atom. The molecule has 0 aliphatic heterocycles. The van der Waals surface area contributed by atoms with E-state index in [1.54, 1.807) is 14.0 Å². The first-order chi connectivity index (χ1) is 10.1. The number of esters is 1. The third-order valence-corrected chi connectivity index (χ3v) is 2.97. The van der Waals surface area contributed by atoms with E-state index in [0.29, 0.717) is 24.2 Å². The fourth-order valence-electron chi connectivity index (χ4n) is 1.74. The lowest BCUT2D eigenvalue weighted by molar-refractivity contribution is 0.0717. The molecule has 7 heteroatoms. The van der Waals surface area contributed by atoms with Gasteiger partial charge in [-0.25, -0.2) is 4.79 Å². The molecule has 0 atom stereocenters. The molecule has 21 heavy (non-hydrogen) atoms. The van der Waals surface area contributed by atoms with Crippen molar-refractivity contribution < 1.29 is 19.1 Å². The summed E-state index contributed by atoms with van der Waals surface area (Å²) in [5, 5.41) is 4.07. The molecule has 1 heterocycles. The zero-order valence-corrected chi connectivity index (χ0v) is 12.3. The molecule has 0 aliphatic carbocycles. The lowest BCUT2D eigenvalue weighted by Crippen LogP contribution is -2.14. The van der Waals surface area contributed by atoms with Gasteiger partial charge < -0.3 is 9.47 Å². The molecular formula is C14H13ClN2O4. The van der Waals surface area contributed by atoms with Crippen molar-refractivity contribution in [3.05, 3.63) is 40.7 Å². The Kier molecular flexibility index (Phi) is 4.59. The number of benzene rings is 1. The number of rotatable bonds is 5. The van der Waals surface area contributed by atoms with Crippen LogP contribution in [0.3, 0.4) is 0 Å². The van der Waals surface area contributed by atoms with E-state index in [2.05, 4.69) is 5.10 Å². The number of hydrogen-bond acceptors (Lipinski definition) is 5. The molecule has 6 nitrogen and oxygen atoms in total. The lowest BCUT2D eigenvalue weighted by Gasteiger charge is -2.11. The predicted octanol–water partition coefficient (Wildman–Crippen LogP) is 2.50. The number of halogens is 1. The summed E-state index contributed by atoms with van der Waals surface area (Å²) in [6, 6.07) is 4.53.